The summed E-state index contributed by atoms with van der Waals surface area (Å²) in [4.78, 5) is 15.4. The summed E-state index contributed by atoms with van der Waals surface area (Å²) in [5, 5.41) is 22.7. The molecule has 0 spiro atoms. The molecule has 1 N–H and O–H groups in total. The number of hydrogen-bond donors (Lipinski definition) is 1. The van der Waals surface area contributed by atoms with Gasteiger partial charge in [-0.05, 0) is 47.4 Å². The minimum Gasteiger partial charge on any atom is -0.291 e. The van der Waals surface area contributed by atoms with E-state index in [1.54, 1.807) is 0 Å². The average Bonchev–Trinajstić information content (AvgIpc) is 3.43. The molecule has 0 radical (unpaired) electrons. The van der Waals surface area contributed by atoms with E-state index in [9.17, 15) is 19.7 Å². The van der Waals surface area contributed by atoms with Crippen molar-refractivity contribution < 1.29 is 14.1 Å². The Hall–Kier alpha value is -3.58. The van der Waals surface area contributed by atoms with Crippen LogP contribution in [-0.4, -0.2) is 11.8 Å². The minimum absolute atomic E-state index is 0.199. The van der Waals surface area contributed by atoms with Crippen LogP contribution in [0.2, 0.25) is 0 Å². The van der Waals surface area contributed by atoms with Crippen LogP contribution in [0.25, 0.3) is 6.08 Å². The van der Waals surface area contributed by atoms with Crippen LogP contribution in [0.5, 0.6) is 0 Å². The Bertz CT molecular complexity index is 1250. The van der Waals surface area contributed by atoms with E-state index >= 15 is 0 Å². The molecule has 2 aliphatic rings. The first kappa shape index (κ1) is 19.4. The Morgan fingerprint density at radius 2 is 1.77 bits per heavy atom. The fourth-order valence-corrected chi connectivity index (χ4v) is 6.00. The quantitative estimate of drug-likeness (QED) is 0.647. The molecule has 0 aliphatic carbocycles. The normalized spacial score (nSPS) is 25.1. The molecule has 1 saturated heterocycles. The average molecular weight is 426 g/mol. The molecule has 1 fully saturated rings. The molecule has 1 unspecified atom stereocenters. The number of Topliss-reactive ketones (excluding diaryl/α,β-unsaturated/α-hetero) is 1. The second-order valence-electron chi connectivity index (χ2n) is 7.83. The SMILES string of the molecule is N#CC1(C#N)[C@@H]2c3ccccc3C=C[NH+]2[C@H](C(=O)c2ccc(F)cc2)[C@@H]1c1cccs1. The van der Waals surface area contributed by atoms with E-state index in [0.29, 0.717) is 5.56 Å². The zero-order chi connectivity index (χ0) is 21.6. The van der Waals surface area contributed by atoms with Gasteiger partial charge in [0.1, 0.15) is 5.82 Å². The summed E-state index contributed by atoms with van der Waals surface area (Å²) >= 11 is 1.45. The number of thiophene rings is 1. The van der Waals surface area contributed by atoms with Gasteiger partial charge in [0.05, 0.1) is 24.3 Å². The molecule has 5 rings (SSSR count). The lowest BCUT2D eigenvalue weighted by Crippen LogP contribution is -3.11. The molecule has 4 nitrogen and oxygen atoms in total. The Balaban J connectivity index is 1.75. The number of nitrogens with zero attached hydrogens (tertiary/aromatic N) is 2. The number of quaternary nitrogens is 1. The molecule has 0 bridgehead atoms. The minimum atomic E-state index is -1.43. The third-order valence-electron chi connectivity index (χ3n) is 6.36. The maximum atomic E-state index is 13.8. The van der Waals surface area contributed by atoms with E-state index < -0.39 is 29.2 Å². The van der Waals surface area contributed by atoms with Crippen LogP contribution in [0, 0.1) is 33.9 Å². The van der Waals surface area contributed by atoms with Gasteiger partial charge in [-0.1, -0.05) is 30.3 Å². The fraction of sp³-hybridized carbons (Fsp3) is 0.160. The third kappa shape index (κ3) is 2.77. The predicted octanol–water partition coefficient (Wildman–Crippen LogP) is 3.88. The number of ketones is 1. The van der Waals surface area contributed by atoms with Gasteiger partial charge in [0, 0.05) is 16.0 Å². The highest BCUT2D eigenvalue weighted by Crippen LogP contribution is 2.52. The number of halogens is 1. The molecule has 150 valence electrons. The van der Waals surface area contributed by atoms with E-state index in [0.717, 1.165) is 20.9 Å². The van der Waals surface area contributed by atoms with Gasteiger partial charge in [-0.25, -0.2) is 4.39 Å². The van der Waals surface area contributed by atoms with E-state index in [2.05, 4.69) is 12.1 Å². The number of hydrogen-bond acceptors (Lipinski definition) is 4. The number of carbonyl (C=O) groups excluding carboxylic acids is 1. The Kier molecular flexibility index (Phi) is 4.55. The van der Waals surface area contributed by atoms with Gasteiger partial charge < -0.3 is 0 Å². The number of rotatable bonds is 3. The van der Waals surface area contributed by atoms with E-state index in [-0.39, 0.29) is 5.78 Å². The molecular formula is C25H17FN3OS+. The molecule has 4 atom stereocenters. The number of carbonyl (C=O) groups is 1. The standard InChI is InChI=1S/C25H16FN3OS/c26-18-9-7-17(8-10-18)23(30)22-21(20-6-3-13-31-20)25(14-27,15-28)24-19-5-2-1-4-16(19)11-12-29(22)24/h1-13,21-22,24H/p+1/t21-,22-,24-/m0/s1. The molecule has 2 aliphatic heterocycles. The summed E-state index contributed by atoms with van der Waals surface area (Å²) in [5.74, 6) is -1.23. The van der Waals surface area contributed by atoms with Crippen molar-refractivity contribution in [2.75, 3.05) is 0 Å². The van der Waals surface area contributed by atoms with Crippen molar-refractivity contribution in [2.24, 2.45) is 5.41 Å². The number of nitriles is 2. The number of benzene rings is 2. The largest absolute Gasteiger partial charge is 0.291 e. The van der Waals surface area contributed by atoms with Crippen LogP contribution in [0.3, 0.4) is 0 Å². The van der Waals surface area contributed by atoms with Gasteiger partial charge in [-0.15, -0.1) is 11.3 Å². The molecule has 0 amide bonds. The Labute approximate surface area is 183 Å². The van der Waals surface area contributed by atoms with E-state index in [4.69, 9.17) is 0 Å². The molecule has 2 aromatic carbocycles. The van der Waals surface area contributed by atoms with Crippen molar-refractivity contribution in [3.05, 3.63) is 99.6 Å². The zero-order valence-corrected chi connectivity index (χ0v) is 17.1. The summed E-state index contributed by atoms with van der Waals surface area (Å²) in [6, 6.07) is 20.4. The van der Waals surface area contributed by atoms with Crippen LogP contribution < -0.4 is 4.90 Å². The first-order valence-electron chi connectivity index (χ1n) is 9.90. The van der Waals surface area contributed by atoms with Crippen LogP contribution in [0.15, 0.2) is 72.2 Å². The smallest absolute Gasteiger partial charge is 0.221 e. The molecular weight excluding hydrogens is 409 g/mol. The van der Waals surface area contributed by atoms with Gasteiger partial charge in [0.15, 0.2) is 12.1 Å². The van der Waals surface area contributed by atoms with Gasteiger partial charge in [-0.2, -0.15) is 10.5 Å². The summed E-state index contributed by atoms with van der Waals surface area (Å²) < 4.78 is 13.5. The van der Waals surface area contributed by atoms with Crippen LogP contribution >= 0.6 is 11.3 Å². The van der Waals surface area contributed by atoms with Crippen molar-refractivity contribution in [3.8, 4) is 12.1 Å². The highest BCUT2D eigenvalue weighted by atomic mass is 32.1. The van der Waals surface area contributed by atoms with E-state index in [1.165, 1.54) is 35.6 Å². The molecule has 31 heavy (non-hydrogen) atoms. The lowest BCUT2D eigenvalue weighted by atomic mass is 9.69. The van der Waals surface area contributed by atoms with Crippen LogP contribution in [0.1, 0.15) is 38.3 Å². The fourth-order valence-electron chi connectivity index (χ4n) is 5.06. The summed E-state index contributed by atoms with van der Waals surface area (Å²) in [5.41, 5.74) is 0.782. The topological polar surface area (TPSA) is 69.1 Å². The summed E-state index contributed by atoms with van der Waals surface area (Å²) in [6.45, 7) is 0. The predicted molar refractivity (Wildman–Crippen MR) is 114 cm³/mol. The van der Waals surface area contributed by atoms with Gasteiger partial charge in [-0.3, -0.25) is 9.69 Å². The third-order valence-corrected chi connectivity index (χ3v) is 7.32. The Morgan fingerprint density at radius 3 is 2.45 bits per heavy atom. The van der Waals surface area contributed by atoms with Gasteiger partial charge in [0.25, 0.3) is 0 Å². The first-order valence-corrected chi connectivity index (χ1v) is 10.8. The highest BCUT2D eigenvalue weighted by Gasteiger charge is 2.68. The second kappa shape index (κ2) is 7.28. The summed E-state index contributed by atoms with van der Waals surface area (Å²) in [6.07, 6.45) is 3.85. The van der Waals surface area contributed by atoms with Gasteiger partial charge >= 0.3 is 0 Å². The first-order chi connectivity index (χ1) is 15.1. The maximum absolute atomic E-state index is 13.8. The zero-order valence-electron chi connectivity index (χ0n) is 16.3. The molecule has 6 heteroatoms. The lowest BCUT2D eigenvalue weighted by molar-refractivity contribution is -0.885. The Morgan fingerprint density at radius 1 is 1.03 bits per heavy atom. The molecule has 1 aromatic heterocycles. The van der Waals surface area contributed by atoms with Crippen molar-refractivity contribution in [1.82, 2.24) is 0 Å². The molecule has 3 aromatic rings. The van der Waals surface area contributed by atoms with Crippen molar-refractivity contribution in [3.63, 3.8) is 0 Å². The van der Waals surface area contributed by atoms with Gasteiger partial charge in [0.2, 0.25) is 11.2 Å². The maximum Gasteiger partial charge on any atom is 0.221 e. The van der Waals surface area contributed by atoms with Crippen molar-refractivity contribution in [1.29, 1.82) is 10.5 Å². The monoisotopic (exact) mass is 426 g/mol. The number of fused-ring (bicyclic) bond motifs is 3. The van der Waals surface area contributed by atoms with Crippen molar-refractivity contribution >= 4 is 23.2 Å². The van der Waals surface area contributed by atoms with Crippen LogP contribution in [-0.2, 0) is 0 Å². The van der Waals surface area contributed by atoms with Crippen LogP contribution in [0.4, 0.5) is 4.39 Å². The number of nitrogens with one attached hydrogen (secondary N) is 1. The lowest BCUT2D eigenvalue weighted by Gasteiger charge is -2.29. The van der Waals surface area contributed by atoms with Crippen molar-refractivity contribution in [2.45, 2.75) is 18.0 Å². The molecule has 3 heterocycles. The van der Waals surface area contributed by atoms with E-state index in [1.807, 2.05) is 54.1 Å². The summed E-state index contributed by atoms with van der Waals surface area (Å²) in [7, 11) is 0. The highest BCUT2D eigenvalue weighted by molar-refractivity contribution is 7.10. The second-order valence-corrected chi connectivity index (χ2v) is 8.81. The molecule has 0 saturated carbocycles.